The van der Waals surface area contributed by atoms with Crippen molar-refractivity contribution in [1.29, 1.82) is 0 Å². The molecule has 1 amide bonds. The summed E-state index contributed by atoms with van der Waals surface area (Å²) in [4.78, 5) is 23.2. The van der Waals surface area contributed by atoms with Crippen LogP contribution in [0, 0.1) is 6.92 Å². The molecule has 0 bridgehead atoms. The van der Waals surface area contributed by atoms with Crippen molar-refractivity contribution < 1.29 is 9.32 Å². The van der Waals surface area contributed by atoms with Gasteiger partial charge in [-0.1, -0.05) is 5.16 Å². The number of carbonyl (C=O) groups excluding carboxylic acids is 1. The summed E-state index contributed by atoms with van der Waals surface area (Å²) >= 11 is 0. The predicted molar refractivity (Wildman–Crippen MR) is 94.7 cm³/mol. The molecular formula is C19H21N5O2. The molecule has 1 saturated heterocycles. The first-order chi connectivity index (χ1) is 12.7. The number of carbonyl (C=O) groups is 1. The van der Waals surface area contributed by atoms with Gasteiger partial charge in [-0.05, 0) is 37.5 Å². The van der Waals surface area contributed by atoms with Crippen molar-refractivity contribution in [3.05, 3.63) is 65.8 Å². The molecule has 0 aromatic carbocycles. The minimum atomic E-state index is -0.0706. The zero-order valence-corrected chi connectivity index (χ0v) is 14.7. The van der Waals surface area contributed by atoms with E-state index < -0.39 is 0 Å². The van der Waals surface area contributed by atoms with E-state index in [0.717, 1.165) is 31.8 Å². The smallest absolute Gasteiger partial charge is 0.276 e. The van der Waals surface area contributed by atoms with Gasteiger partial charge in [0, 0.05) is 56.4 Å². The van der Waals surface area contributed by atoms with Gasteiger partial charge in [0.15, 0.2) is 5.69 Å². The quantitative estimate of drug-likeness (QED) is 0.722. The van der Waals surface area contributed by atoms with E-state index in [4.69, 9.17) is 4.52 Å². The molecule has 1 fully saturated rings. The van der Waals surface area contributed by atoms with Crippen molar-refractivity contribution in [3.8, 4) is 0 Å². The van der Waals surface area contributed by atoms with Crippen LogP contribution < -0.4 is 0 Å². The number of piperidine rings is 1. The first-order valence-corrected chi connectivity index (χ1v) is 8.83. The first-order valence-electron chi connectivity index (χ1n) is 8.83. The van der Waals surface area contributed by atoms with E-state index in [2.05, 4.69) is 19.7 Å². The molecule has 1 aliphatic heterocycles. The second kappa shape index (κ2) is 7.11. The Hall–Kier alpha value is -2.96. The molecule has 0 saturated carbocycles. The number of aryl methyl sites for hydroxylation is 1. The fourth-order valence-corrected chi connectivity index (χ4v) is 3.50. The summed E-state index contributed by atoms with van der Waals surface area (Å²) in [6.07, 6.45) is 9.40. The molecule has 1 atom stereocenters. The van der Waals surface area contributed by atoms with E-state index >= 15 is 0 Å². The first kappa shape index (κ1) is 16.5. The van der Waals surface area contributed by atoms with Crippen molar-refractivity contribution in [2.75, 3.05) is 13.1 Å². The molecular weight excluding hydrogens is 330 g/mol. The number of hydrogen-bond donors (Lipinski definition) is 0. The maximum absolute atomic E-state index is 12.7. The van der Waals surface area contributed by atoms with Gasteiger partial charge in [0.05, 0.1) is 0 Å². The Morgan fingerprint density at radius 1 is 1.31 bits per heavy atom. The Labute approximate surface area is 151 Å². The third-order valence-corrected chi connectivity index (χ3v) is 4.77. The molecule has 3 aromatic heterocycles. The van der Waals surface area contributed by atoms with Crippen molar-refractivity contribution in [2.24, 2.45) is 0 Å². The lowest BCUT2D eigenvalue weighted by Gasteiger charge is -2.32. The van der Waals surface area contributed by atoms with Crippen LogP contribution in [0.1, 0.15) is 46.4 Å². The lowest BCUT2D eigenvalue weighted by Crippen LogP contribution is -2.40. The molecule has 0 aliphatic carbocycles. The van der Waals surface area contributed by atoms with Crippen LogP contribution in [0.4, 0.5) is 0 Å². The van der Waals surface area contributed by atoms with Crippen LogP contribution in [-0.4, -0.2) is 43.6 Å². The molecule has 0 spiro atoms. The summed E-state index contributed by atoms with van der Waals surface area (Å²) in [5.74, 6) is 1.82. The number of imidazole rings is 1. The van der Waals surface area contributed by atoms with Crippen LogP contribution in [-0.2, 0) is 6.54 Å². The van der Waals surface area contributed by atoms with Gasteiger partial charge in [0.25, 0.3) is 5.91 Å². The van der Waals surface area contributed by atoms with E-state index in [0.29, 0.717) is 18.0 Å². The van der Waals surface area contributed by atoms with Crippen molar-refractivity contribution in [2.45, 2.75) is 32.2 Å². The van der Waals surface area contributed by atoms with Crippen LogP contribution in [0.25, 0.3) is 0 Å². The van der Waals surface area contributed by atoms with Gasteiger partial charge in [-0.2, -0.15) is 0 Å². The van der Waals surface area contributed by atoms with Crippen molar-refractivity contribution in [3.63, 3.8) is 0 Å². The zero-order valence-electron chi connectivity index (χ0n) is 14.7. The Morgan fingerprint density at radius 2 is 2.15 bits per heavy atom. The minimum Gasteiger partial charge on any atom is -0.361 e. The van der Waals surface area contributed by atoms with Gasteiger partial charge in [-0.15, -0.1) is 0 Å². The summed E-state index contributed by atoms with van der Waals surface area (Å²) in [6, 6.07) is 5.71. The standard InChI is InChI=1S/C19H21N5O2/c1-14-11-17(22-26-14)19(25)24-9-2-3-16(13-24)18-21-8-10-23(18)12-15-4-6-20-7-5-15/h4-8,10-11,16H,2-3,9,12-13H2,1H3/t16-/m1/s1. The molecule has 3 aromatic rings. The van der Waals surface area contributed by atoms with Crippen molar-refractivity contribution >= 4 is 5.91 Å². The van der Waals surface area contributed by atoms with Crippen LogP contribution in [0.15, 0.2) is 47.5 Å². The number of likely N-dealkylation sites (tertiary alicyclic amines) is 1. The third kappa shape index (κ3) is 3.37. The van der Waals surface area contributed by atoms with Gasteiger partial charge < -0.3 is 14.0 Å². The molecule has 0 radical (unpaired) electrons. The van der Waals surface area contributed by atoms with E-state index in [1.807, 2.05) is 29.4 Å². The fraction of sp³-hybridized carbons (Fsp3) is 0.368. The highest BCUT2D eigenvalue weighted by Crippen LogP contribution is 2.27. The molecule has 0 N–H and O–H groups in total. The predicted octanol–water partition coefficient (Wildman–Crippen LogP) is 2.64. The number of amides is 1. The van der Waals surface area contributed by atoms with Crippen molar-refractivity contribution in [1.82, 2.24) is 24.6 Å². The van der Waals surface area contributed by atoms with Crippen LogP contribution in [0.2, 0.25) is 0 Å². The third-order valence-electron chi connectivity index (χ3n) is 4.77. The average Bonchev–Trinajstić information content (AvgIpc) is 3.31. The molecule has 26 heavy (non-hydrogen) atoms. The number of rotatable bonds is 4. The summed E-state index contributed by atoms with van der Waals surface area (Å²) < 4.78 is 7.20. The molecule has 134 valence electrons. The minimum absolute atomic E-state index is 0.0706. The van der Waals surface area contributed by atoms with E-state index in [-0.39, 0.29) is 11.8 Å². The van der Waals surface area contributed by atoms with Crippen LogP contribution in [0.5, 0.6) is 0 Å². The van der Waals surface area contributed by atoms with E-state index in [1.165, 1.54) is 5.56 Å². The lowest BCUT2D eigenvalue weighted by atomic mass is 9.96. The maximum Gasteiger partial charge on any atom is 0.276 e. The summed E-state index contributed by atoms with van der Waals surface area (Å²) in [5, 5.41) is 3.86. The van der Waals surface area contributed by atoms with E-state index in [9.17, 15) is 4.79 Å². The SMILES string of the molecule is Cc1cc(C(=O)N2CCC[C@@H](c3nccn3Cc3ccncc3)C2)no1. The van der Waals surface area contributed by atoms with Crippen LogP contribution in [0.3, 0.4) is 0 Å². The number of hydrogen-bond acceptors (Lipinski definition) is 5. The van der Waals surface area contributed by atoms with Gasteiger partial charge in [-0.25, -0.2) is 4.98 Å². The average molecular weight is 351 g/mol. The number of aromatic nitrogens is 4. The number of pyridine rings is 1. The normalized spacial score (nSPS) is 17.4. The Kier molecular flexibility index (Phi) is 4.51. The van der Waals surface area contributed by atoms with Gasteiger partial charge >= 0.3 is 0 Å². The van der Waals surface area contributed by atoms with Gasteiger partial charge in [0.2, 0.25) is 0 Å². The maximum atomic E-state index is 12.7. The monoisotopic (exact) mass is 351 g/mol. The van der Waals surface area contributed by atoms with Gasteiger partial charge in [0.1, 0.15) is 11.6 Å². The second-order valence-electron chi connectivity index (χ2n) is 6.68. The molecule has 4 heterocycles. The highest BCUT2D eigenvalue weighted by Gasteiger charge is 2.29. The Morgan fingerprint density at radius 3 is 2.92 bits per heavy atom. The topological polar surface area (TPSA) is 77.1 Å². The fourth-order valence-electron chi connectivity index (χ4n) is 3.50. The molecule has 0 unspecified atom stereocenters. The molecule has 1 aliphatic rings. The Bertz CT molecular complexity index is 886. The molecule has 7 nitrogen and oxygen atoms in total. The summed E-state index contributed by atoms with van der Waals surface area (Å²) in [5.41, 5.74) is 1.56. The molecule has 4 rings (SSSR count). The summed E-state index contributed by atoms with van der Waals surface area (Å²) in [7, 11) is 0. The van der Waals surface area contributed by atoms with Crippen LogP contribution >= 0.6 is 0 Å². The lowest BCUT2D eigenvalue weighted by molar-refractivity contribution is 0.0693. The van der Waals surface area contributed by atoms with E-state index in [1.54, 1.807) is 25.4 Å². The van der Waals surface area contributed by atoms with Gasteiger partial charge in [-0.3, -0.25) is 9.78 Å². The summed E-state index contributed by atoms with van der Waals surface area (Å²) in [6.45, 7) is 3.94. The number of nitrogens with zero attached hydrogens (tertiary/aromatic N) is 5. The molecule has 7 heteroatoms. The second-order valence-corrected chi connectivity index (χ2v) is 6.68. The highest BCUT2D eigenvalue weighted by molar-refractivity contribution is 5.92. The zero-order chi connectivity index (χ0) is 17.9. The highest BCUT2D eigenvalue weighted by atomic mass is 16.5. The Balaban J connectivity index is 1.50. The largest absolute Gasteiger partial charge is 0.361 e.